The lowest BCUT2D eigenvalue weighted by molar-refractivity contribution is -0.169. The monoisotopic (exact) mass is 557 g/mol. The van der Waals surface area contributed by atoms with E-state index in [0.29, 0.717) is 63.5 Å². The molecule has 0 aromatic heterocycles. The van der Waals surface area contributed by atoms with E-state index in [1.165, 1.54) is 0 Å². The second-order valence-electron chi connectivity index (χ2n) is 12.6. The molecule has 40 heavy (non-hydrogen) atoms. The van der Waals surface area contributed by atoms with Gasteiger partial charge in [-0.3, -0.25) is 0 Å². The second-order valence-corrected chi connectivity index (χ2v) is 12.6. The number of nitrogens with zero attached hydrogens (tertiary/aromatic N) is 2. The number of hydrogen-bond donors (Lipinski definition) is 1. The predicted octanol–water partition coefficient (Wildman–Crippen LogP) is 4.16. The lowest BCUT2D eigenvalue weighted by Gasteiger charge is -2.37. The molecule has 2 bridgehead atoms. The summed E-state index contributed by atoms with van der Waals surface area (Å²) in [6, 6.07) is 10.1. The number of amides is 3. The van der Waals surface area contributed by atoms with Crippen molar-refractivity contribution in [3.63, 3.8) is 0 Å². The Morgan fingerprint density at radius 2 is 1.95 bits per heavy atom. The molecule has 4 aliphatic rings. The van der Waals surface area contributed by atoms with Crippen LogP contribution in [0.4, 0.5) is 9.59 Å². The van der Waals surface area contributed by atoms with Gasteiger partial charge in [0.2, 0.25) is 0 Å². The zero-order chi connectivity index (χ0) is 28.1. The standard InChI is InChI=1S/C31H47N3O6/c1-21(2)16-34(31(36)33-12-7-10-23(17-33)18-37-3)13-11-25(14-22-8-5-4-6-9-22)32-30(35)40-28-24-15-26-27(28)20-39-29(26)38-19-24/h4-6,8-9,21,23-29H,7,10-20H2,1-3H3,(H,32,35)/t23?,24?,25-,26?,27?,28?,29?/m1/s1. The van der Waals surface area contributed by atoms with Crippen LogP contribution in [-0.4, -0.2) is 93.5 Å². The van der Waals surface area contributed by atoms with E-state index >= 15 is 0 Å². The Morgan fingerprint density at radius 1 is 1.15 bits per heavy atom. The molecule has 7 atom stereocenters. The molecular weight excluding hydrogens is 510 g/mol. The SMILES string of the molecule is COCC1CCCN(C(=O)N(CC[C@H](Cc2ccccc2)NC(=O)OC2C3COC4OCC2C4C3)CC(C)C)C1. The zero-order valence-corrected chi connectivity index (χ0v) is 24.3. The smallest absolute Gasteiger partial charge is 0.407 e. The highest BCUT2D eigenvalue weighted by molar-refractivity contribution is 5.74. The minimum atomic E-state index is -0.387. The first-order valence-corrected chi connectivity index (χ1v) is 15.2. The summed E-state index contributed by atoms with van der Waals surface area (Å²) < 4.78 is 23.1. The van der Waals surface area contributed by atoms with Crippen molar-refractivity contribution >= 4 is 12.1 Å². The Kier molecular flexibility index (Phi) is 9.86. The Labute approximate surface area is 238 Å². The molecule has 3 saturated heterocycles. The van der Waals surface area contributed by atoms with Crippen molar-refractivity contribution in [1.29, 1.82) is 0 Å². The molecule has 0 spiro atoms. The maximum Gasteiger partial charge on any atom is 0.407 e. The van der Waals surface area contributed by atoms with Crippen LogP contribution in [0.3, 0.4) is 0 Å². The van der Waals surface area contributed by atoms with Crippen molar-refractivity contribution < 1.29 is 28.5 Å². The maximum atomic E-state index is 13.7. The number of alkyl carbamates (subject to hydrolysis) is 1. The van der Waals surface area contributed by atoms with Crippen molar-refractivity contribution in [3.05, 3.63) is 35.9 Å². The van der Waals surface area contributed by atoms with Crippen LogP contribution in [0.25, 0.3) is 0 Å². The summed E-state index contributed by atoms with van der Waals surface area (Å²) in [6.07, 6.45) is 3.71. The number of methoxy groups -OCH3 is 1. The predicted molar refractivity (Wildman–Crippen MR) is 151 cm³/mol. The number of ether oxygens (including phenoxy) is 4. The van der Waals surface area contributed by atoms with Crippen LogP contribution in [0.5, 0.6) is 0 Å². The van der Waals surface area contributed by atoms with Gasteiger partial charge in [-0.15, -0.1) is 0 Å². The highest BCUT2D eigenvalue weighted by atomic mass is 16.7. The van der Waals surface area contributed by atoms with Gasteiger partial charge in [0.05, 0.1) is 19.8 Å². The van der Waals surface area contributed by atoms with Gasteiger partial charge in [-0.2, -0.15) is 0 Å². The van der Waals surface area contributed by atoms with Crippen molar-refractivity contribution in [2.75, 3.05) is 53.1 Å². The van der Waals surface area contributed by atoms with Gasteiger partial charge >= 0.3 is 12.1 Å². The highest BCUT2D eigenvalue weighted by Crippen LogP contribution is 2.49. The number of nitrogens with one attached hydrogen (secondary N) is 1. The van der Waals surface area contributed by atoms with E-state index in [4.69, 9.17) is 18.9 Å². The van der Waals surface area contributed by atoms with E-state index in [2.05, 4.69) is 31.3 Å². The van der Waals surface area contributed by atoms with E-state index in [0.717, 1.165) is 37.9 Å². The third-order valence-corrected chi connectivity index (χ3v) is 8.97. The minimum absolute atomic E-state index is 0.0876. The van der Waals surface area contributed by atoms with Crippen LogP contribution in [0, 0.1) is 29.6 Å². The number of urea groups is 1. The number of carbonyl (C=O) groups is 2. The summed E-state index contributed by atoms with van der Waals surface area (Å²) >= 11 is 0. The summed E-state index contributed by atoms with van der Waals surface area (Å²) in [4.78, 5) is 30.9. The number of likely N-dealkylation sites (tertiary alicyclic amines) is 1. The molecule has 5 rings (SSSR count). The van der Waals surface area contributed by atoms with Gasteiger partial charge in [-0.1, -0.05) is 44.2 Å². The van der Waals surface area contributed by atoms with Gasteiger partial charge in [0.15, 0.2) is 6.29 Å². The first kappa shape index (κ1) is 29.1. The van der Waals surface area contributed by atoms with Gasteiger partial charge in [0.25, 0.3) is 0 Å². The average Bonchev–Trinajstić information content (AvgIpc) is 3.48. The van der Waals surface area contributed by atoms with Crippen LogP contribution >= 0.6 is 0 Å². The summed E-state index contributed by atoms with van der Waals surface area (Å²) in [5, 5.41) is 3.17. The zero-order valence-electron chi connectivity index (χ0n) is 24.3. The molecule has 1 aromatic rings. The van der Waals surface area contributed by atoms with Crippen LogP contribution < -0.4 is 5.32 Å². The van der Waals surface area contributed by atoms with Gasteiger partial charge in [-0.25, -0.2) is 9.59 Å². The molecular formula is C31H47N3O6. The van der Waals surface area contributed by atoms with Crippen molar-refractivity contribution in [2.24, 2.45) is 29.6 Å². The molecule has 3 amide bonds. The van der Waals surface area contributed by atoms with E-state index in [-0.39, 0.29) is 42.4 Å². The maximum absolute atomic E-state index is 13.7. The Hall–Kier alpha value is -2.36. The summed E-state index contributed by atoms with van der Waals surface area (Å²) in [7, 11) is 1.72. The normalized spacial score (nSPS) is 29.9. The fourth-order valence-corrected chi connectivity index (χ4v) is 7.13. The Bertz CT molecular complexity index is 975. The van der Waals surface area contributed by atoms with E-state index in [1.54, 1.807) is 7.11 Å². The largest absolute Gasteiger partial charge is 0.445 e. The number of hydrogen-bond acceptors (Lipinski definition) is 6. The van der Waals surface area contributed by atoms with Gasteiger partial charge in [0, 0.05) is 63.0 Å². The molecule has 9 nitrogen and oxygen atoms in total. The van der Waals surface area contributed by atoms with Crippen molar-refractivity contribution in [2.45, 2.75) is 64.4 Å². The third kappa shape index (κ3) is 7.09. The van der Waals surface area contributed by atoms with Gasteiger partial charge in [-0.05, 0) is 43.6 Å². The van der Waals surface area contributed by atoms with E-state index < -0.39 is 0 Å². The molecule has 3 aliphatic heterocycles. The summed E-state index contributed by atoms with van der Waals surface area (Å²) in [5.74, 6) is 1.49. The fraction of sp³-hybridized carbons (Fsp3) is 0.742. The fourth-order valence-electron chi connectivity index (χ4n) is 7.13. The summed E-state index contributed by atoms with van der Waals surface area (Å²) in [5.41, 5.74) is 1.14. The van der Waals surface area contributed by atoms with E-state index in [1.807, 2.05) is 28.0 Å². The van der Waals surface area contributed by atoms with E-state index in [9.17, 15) is 9.59 Å². The molecule has 1 saturated carbocycles. The molecule has 1 N–H and O–H groups in total. The number of piperidine rings is 1. The minimum Gasteiger partial charge on any atom is -0.445 e. The number of rotatable bonds is 11. The number of benzene rings is 1. The summed E-state index contributed by atoms with van der Waals surface area (Å²) in [6.45, 7) is 8.90. The van der Waals surface area contributed by atoms with Crippen LogP contribution in [0.15, 0.2) is 30.3 Å². The number of fused-ring (bicyclic) bond motifs is 1. The van der Waals surface area contributed by atoms with Crippen LogP contribution in [0.2, 0.25) is 0 Å². The van der Waals surface area contributed by atoms with Crippen LogP contribution in [0.1, 0.15) is 45.1 Å². The van der Waals surface area contributed by atoms with Crippen LogP contribution in [-0.2, 0) is 25.4 Å². The van der Waals surface area contributed by atoms with Crippen molar-refractivity contribution in [3.8, 4) is 0 Å². The number of carbonyl (C=O) groups excluding carboxylic acids is 2. The second kappa shape index (κ2) is 13.5. The lowest BCUT2D eigenvalue weighted by atomic mass is 9.98. The first-order chi connectivity index (χ1) is 19.4. The van der Waals surface area contributed by atoms with Crippen molar-refractivity contribution in [1.82, 2.24) is 15.1 Å². The molecule has 222 valence electrons. The molecule has 6 unspecified atom stereocenters. The topological polar surface area (TPSA) is 89.6 Å². The lowest BCUT2D eigenvalue weighted by Crippen LogP contribution is -2.50. The quantitative estimate of drug-likeness (QED) is 0.440. The third-order valence-electron chi connectivity index (χ3n) is 8.97. The molecule has 1 aromatic carbocycles. The first-order valence-electron chi connectivity index (χ1n) is 15.2. The average molecular weight is 558 g/mol. The highest BCUT2D eigenvalue weighted by Gasteiger charge is 2.56. The molecule has 1 aliphatic carbocycles. The van der Waals surface area contributed by atoms with Gasteiger partial charge in [0.1, 0.15) is 6.10 Å². The molecule has 0 radical (unpaired) electrons. The Balaban J connectivity index is 1.22. The molecule has 4 fully saturated rings. The van der Waals surface area contributed by atoms with Gasteiger partial charge < -0.3 is 34.1 Å². The molecule has 9 heteroatoms. The molecule has 3 heterocycles. The Morgan fingerprint density at radius 3 is 2.73 bits per heavy atom.